The molecule has 5 atom stereocenters. The second-order valence-electron chi connectivity index (χ2n) is 14.7. The Bertz CT molecular complexity index is 2030. The van der Waals surface area contributed by atoms with Crippen molar-refractivity contribution in [1.29, 1.82) is 0 Å². The molecule has 3 N–H and O–H groups in total. The normalized spacial score (nSPS) is 28.9. The number of ether oxygens (including phenoxy) is 3. The van der Waals surface area contributed by atoms with Crippen LogP contribution in [0.3, 0.4) is 0 Å². The van der Waals surface area contributed by atoms with Gasteiger partial charge in [-0.2, -0.15) is 0 Å². The SMILES string of the molecule is COc1ccc2nc(C(F)(F)F)c(O[C@@H]3C[C@H]4C(=O)N[C@]5(C(=O)NS(=O)(=O)C6(C)CC6)[I-][C@H]5/C=C\CCCCC[C@H](NC(=O)OC5CC5)C(=O)N4C3)nc2c1. The summed E-state index contributed by atoms with van der Waals surface area (Å²) in [5, 5.41) is 5.39. The van der Waals surface area contributed by atoms with E-state index < -0.39 is 103 Å². The van der Waals surface area contributed by atoms with Gasteiger partial charge in [0.05, 0.1) is 7.11 Å². The molecule has 2 saturated heterocycles. The first kappa shape index (κ1) is 39.3. The fourth-order valence-electron chi connectivity index (χ4n) is 6.60. The number of fused-ring (bicyclic) bond motifs is 3. The van der Waals surface area contributed by atoms with Crippen molar-refractivity contribution in [3.8, 4) is 11.6 Å². The number of halogens is 4. The molecule has 1 aromatic carbocycles. The molecular weight excluding hydrogens is 864 g/mol. The van der Waals surface area contributed by atoms with E-state index in [2.05, 4.69) is 25.3 Å². The van der Waals surface area contributed by atoms with Gasteiger partial charge < -0.3 is 4.74 Å². The number of carbonyl (C=O) groups is 4. The number of alkyl carbamates (subject to hydrolysis) is 1. The number of carbonyl (C=O) groups excluding carboxylic acids is 4. The molecule has 2 aromatic rings. The van der Waals surface area contributed by atoms with Crippen molar-refractivity contribution in [2.24, 2.45) is 0 Å². The van der Waals surface area contributed by atoms with Crippen LogP contribution in [-0.2, 0) is 35.3 Å². The number of alkyl halides is 5. The molecule has 4 fully saturated rings. The second kappa shape index (κ2) is 14.8. The number of allylic oxidation sites excluding steroid dienone is 1. The van der Waals surface area contributed by atoms with Crippen LogP contribution >= 0.6 is 0 Å². The van der Waals surface area contributed by atoms with Crippen LogP contribution < -0.4 is 46.0 Å². The molecular formula is C35H41F3IN6O9S-. The Labute approximate surface area is 325 Å². The summed E-state index contributed by atoms with van der Waals surface area (Å²) in [5.41, 5.74) is -1.44. The first-order valence-electron chi connectivity index (χ1n) is 18.1. The summed E-state index contributed by atoms with van der Waals surface area (Å²) in [6.07, 6.45) is 0.969. The van der Waals surface area contributed by atoms with Crippen molar-refractivity contribution in [1.82, 2.24) is 30.2 Å². The van der Waals surface area contributed by atoms with Gasteiger partial charge in [-0.3, -0.25) is 0 Å². The van der Waals surface area contributed by atoms with Gasteiger partial charge in [0.25, 0.3) is 0 Å². The number of nitrogens with zero attached hydrogens (tertiary/aromatic N) is 3. The average molecular weight is 906 g/mol. The molecule has 4 heterocycles. The fourth-order valence-corrected chi connectivity index (χ4v) is 10.9. The van der Waals surface area contributed by atoms with E-state index >= 15 is 0 Å². The van der Waals surface area contributed by atoms with Crippen LogP contribution in [-0.4, -0.2) is 97.3 Å². The first-order chi connectivity index (χ1) is 26.0. The zero-order valence-corrected chi connectivity index (χ0v) is 33.0. The average Bonchev–Trinajstić information content (AvgIpc) is 4.08. The van der Waals surface area contributed by atoms with E-state index in [4.69, 9.17) is 14.2 Å². The summed E-state index contributed by atoms with van der Waals surface area (Å²) in [6, 6.07) is 1.61. The van der Waals surface area contributed by atoms with Gasteiger partial charge in [-0.25, -0.2) is 0 Å². The molecule has 20 heteroatoms. The van der Waals surface area contributed by atoms with Crippen LogP contribution in [0.15, 0.2) is 30.4 Å². The first-order valence-corrected chi connectivity index (χ1v) is 21.9. The number of sulfonamides is 1. The number of nitrogens with one attached hydrogen (secondary N) is 3. The third-order valence-electron chi connectivity index (χ3n) is 10.4. The Morgan fingerprint density at radius 2 is 1.82 bits per heavy atom. The number of aromatic nitrogens is 2. The topological polar surface area (TPSA) is 195 Å². The minimum atomic E-state index is -4.99. The van der Waals surface area contributed by atoms with Crippen molar-refractivity contribution in [2.45, 2.75) is 114 Å². The summed E-state index contributed by atoms with van der Waals surface area (Å²) in [7, 11) is -2.68. The van der Waals surface area contributed by atoms with Crippen LogP contribution in [0.5, 0.6) is 11.6 Å². The van der Waals surface area contributed by atoms with Gasteiger partial charge >= 0.3 is 309 Å². The van der Waals surface area contributed by atoms with E-state index in [1.54, 1.807) is 0 Å². The third-order valence-corrected chi connectivity index (χ3v) is 16.3. The molecule has 5 aliphatic rings. The summed E-state index contributed by atoms with van der Waals surface area (Å²) in [6.45, 7) is 1.15. The molecule has 0 spiro atoms. The molecule has 15 nitrogen and oxygen atoms in total. The molecule has 4 amide bonds. The predicted molar refractivity (Wildman–Crippen MR) is 184 cm³/mol. The fraction of sp³-hybridized carbons (Fsp3) is 0.600. The van der Waals surface area contributed by atoms with Crippen molar-refractivity contribution >= 4 is 44.9 Å². The van der Waals surface area contributed by atoms with E-state index in [-0.39, 0.29) is 36.5 Å². The minimum absolute atomic E-state index is 0.0437. The van der Waals surface area contributed by atoms with E-state index in [9.17, 15) is 40.8 Å². The molecule has 3 aliphatic heterocycles. The Hall–Kier alpha value is -3.95. The number of hydrogen-bond donors (Lipinski definition) is 3. The van der Waals surface area contributed by atoms with Crippen LogP contribution in [0.25, 0.3) is 11.0 Å². The maximum absolute atomic E-state index is 14.4. The predicted octanol–water partition coefficient (Wildman–Crippen LogP) is 0.0652. The molecule has 55 heavy (non-hydrogen) atoms. The van der Waals surface area contributed by atoms with Crippen molar-refractivity contribution in [2.75, 3.05) is 13.7 Å². The molecule has 0 unspecified atom stereocenters. The van der Waals surface area contributed by atoms with Gasteiger partial charge in [0.15, 0.2) is 0 Å². The number of hydrogen-bond acceptors (Lipinski definition) is 11. The van der Waals surface area contributed by atoms with Gasteiger partial charge in [0, 0.05) is 0 Å². The maximum atomic E-state index is 14.4. The van der Waals surface area contributed by atoms with Gasteiger partial charge in [0.1, 0.15) is 0 Å². The summed E-state index contributed by atoms with van der Waals surface area (Å²) in [5.74, 6) is -2.94. The van der Waals surface area contributed by atoms with E-state index in [1.807, 2.05) is 12.2 Å². The number of amides is 4. The number of benzene rings is 1. The Kier molecular flexibility index (Phi) is 10.6. The van der Waals surface area contributed by atoms with E-state index in [0.29, 0.717) is 50.7 Å². The third kappa shape index (κ3) is 8.43. The molecule has 1 aromatic heterocycles. The van der Waals surface area contributed by atoms with Crippen LogP contribution in [0, 0.1) is 0 Å². The van der Waals surface area contributed by atoms with E-state index in [1.165, 1.54) is 32.2 Å². The van der Waals surface area contributed by atoms with Gasteiger partial charge in [-0.15, -0.1) is 0 Å². The van der Waals surface area contributed by atoms with Gasteiger partial charge in [0.2, 0.25) is 0 Å². The van der Waals surface area contributed by atoms with Crippen LogP contribution in [0.1, 0.15) is 76.8 Å². The standard InChI is InChI=1S/C35H41F3IN6O9S/c1-33(14-15-33)55(50,51)44-31(48)34-26(39-34)9-7-5-3-4-6-8-23(42-32(49)54-19-10-11-19)30(47)45-18-21(17-25(45)28(46)43-34)53-29-27(35(36,37)38)40-22-13-12-20(52-2)16-24(22)41-29/h7,9,12-13,16,19,21,23,25-26H,3-6,8,10-11,14-15,17-18H2,1-2H3,(H,42,49)(H,43,46)(H,44,48)/q-1/b9-7-/t21-,23+,25+,26+,34-/m1/s1. The quantitative estimate of drug-likeness (QED) is 0.141. The number of methoxy groups -OCH3 is 1. The Morgan fingerprint density at radius 3 is 2.51 bits per heavy atom. The molecule has 7 rings (SSSR count). The van der Waals surface area contributed by atoms with Gasteiger partial charge in [-0.1, -0.05) is 0 Å². The molecule has 300 valence electrons. The molecule has 0 radical (unpaired) electrons. The monoisotopic (exact) mass is 905 g/mol. The van der Waals surface area contributed by atoms with Gasteiger partial charge in [-0.05, 0) is 6.07 Å². The van der Waals surface area contributed by atoms with Crippen LogP contribution in [0.2, 0.25) is 0 Å². The number of rotatable bonds is 8. The molecule has 0 bridgehead atoms. The summed E-state index contributed by atoms with van der Waals surface area (Å²) in [4.78, 5) is 64.3. The van der Waals surface area contributed by atoms with Crippen molar-refractivity contribution in [3.05, 3.63) is 36.0 Å². The molecule has 2 saturated carbocycles. The summed E-state index contributed by atoms with van der Waals surface area (Å²) >= 11 is -1.15. The zero-order valence-electron chi connectivity index (χ0n) is 30.0. The van der Waals surface area contributed by atoms with Crippen molar-refractivity contribution in [3.63, 3.8) is 0 Å². The Balaban J connectivity index is 1.21. The zero-order chi connectivity index (χ0) is 39.3. The van der Waals surface area contributed by atoms with Crippen molar-refractivity contribution < 1.29 is 76.2 Å². The Morgan fingerprint density at radius 1 is 1.05 bits per heavy atom. The summed E-state index contributed by atoms with van der Waals surface area (Å²) < 4.78 is 84.7. The second-order valence-corrected chi connectivity index (χ2v) is 20.5. The molecule has 2 aliphatic carbocycles. The van der Waals surface area contributed by atoms with E-state index in [0.717, 1.165) is 11.3 Å². The van der Waals surface area contributed by atoms with Crippen LogP contribution in [0.4, 0.5) is 18.0 Å².